The molecule has 0 spiro atoms. The Morgan fingerprint density at radius 2 is 2.00 bits per heavy atom. The molecule has 0 aliphatic carbocycles. The Hall–Kier alpha value is -1.07. The predicted octanol–water partition coefficient (Wildman–Crippen LogP) is 3.64. The van der Waals surface area contributed by atoms with Crippen LogP contribution in [0.3, 0.4) is 0 Å². The van der Waals surface area contributed by atoms with E-state index in [1.165, 1.54) is 6.07 Å². The standard InChI is InChI=1S/C12H11ClF2/c1-9-7-10(5-3-2-4-6-13)12(15)8-11(9)14/h7-8H,2,4,6H2,1H3. The Morgan fingerprint density at radius 1 is 1.27 bits per heavy atom. The predicted molar refractivity (Wildman–Crippen MR) is 57.9 cm³/mol. The van der Waals surface area contributed by atoms with Crippen LogP contribution in [0.4, 0.5) is 8.78 Å². The lowest BCUT2D eigenvalue weighted by Gasteiger charge is -1.98. The van der Waals surface area contributed by atoms with Crippen molar-refractivity contribution in [3.05, 3.63) is 34.9 Å². The average Bonchev–Trinajstić information content (AvgIpc) is 2.20. The smallest absolute Gasteiger partial charge is 0.141 e. The summed E-state index contributed by atoms with van der Waals surface area (Å²) in [5.74, 6) is 4.84. The van der Waals surface area contributed by atoms with Gasteiger partial charge in [-0.25, -0.2) is 8.78 Å². The molecule has 0 N–H and O–H groups in total. The van der Waals surface area contributed by atoms with Gasteiger partial charge in [0, 0.05) is 18.4 Å². The first-order valence-electron chi connectivity index (χ1n) is 4.65. The molecule has 0 heterocycles. The second-order valence-corrected chi connectivity index (χ2v) is 3.55. The van der Waals surface area contributed by atoms with E-state index >= 15 is 0 Å². The van der Waals surface area contributed by atoms with Crippen LogP contribution in [-0.4, -0.2) is 5.88 Å². The van der Waals surface area contributed by atoms with E-state index in [1.807, 2.05) is 0 Å². The Kier molecular flexibility index (Phi) is 4.58. The lowest BCUT2D eigenvalue weighted by Crippen LogP contribution is -1.90. The van der Waals surface area contributed by atoms with Gasteiger partial charge in [0.2, 0.25) is 0 Å². The van der Waals surface area contributed by atoms with Crippen molar-refractivity contribution < 1.29 is 8.78 Å². The Bertz CT molecular complexity index is 402. The lowest BCUT2D eigenvalue weighted by atomic mass is 10.1. The van der Waals surface area contributed by atoms with Gasteiger partial charge in [0.25, 0.3) is 0 Å². The first-order chi connectivity index (χ1) is 7.15. The molecule has 0 fully saturated rings. The average molecular weight is 229 g/mol. The van der Waals surface area contributed by atoms with Crippen molar-refractivity contribution in [3.8, 4) is 11.8 Å². The summed E-state index contributed by atoms with van der Waals surface area (Å²) >= 11 is 5.47. The monoisotopic (exact) mass is 228 g/mol. The van der Waals surface area contributed by atoms with Gasteiger partial charge in [0.1, 0.15) is 11.6 Å². The van der Waals surface area contributed by atoms with Crippen molar-refractivity contribution in [3.63, 3.8) is 0 Å². The molecule has 0 saturated heterocycles. The van der Waals surface area contributed by atoms with Crippen LogP contribution in [0.5, 0.6) is 0 Å². The van der Waals surface area contributed by atoms with Gasteiger partial charge in [-0.1, -0.05) is 11.8 Å². The maximum Gasteiger partial charge on any atom is 0.141 e. The molecule has 0 unspecified atom stereocenters. The quantitative estimate of drug-likeness (QED) is 0.412. The van der Waals surface area contributed by atoms with Crippen LogP contribution in [0.15, 0.2) is 12.1 Å². The van der Waals surface area contributed by atoms with Gasteiger partial charge in [-0.05, 0) is 25.0 Å². The number of rotatable bonds is 2. The van der Waals surface area contributed by atoms with E-state index in [0.717, 1.165) is 12.5 Å². The number of hydrogen-bond acceptors (Lipinski definition) is 0. The number of alkyl halides is 1. The minimum Gasteiger partial charge on any atom is -0.207 e. The van der Waals surface area contributed by atoms with E-state index in [0.29, 0.717) is 17.9 Å². The van der Waals surface area contributed by atoms with E-state index in [9.17, 15) is 8.78 Å². The van der Waals surface area contributed by atoms with Crippen LogP contribution in [0.25, 0.3) is 0 Å². The zero-order chi connectivity index (χ0) is 11.3. The summed E-state index contributed by atoms with van der Waals surface area (Å²) in [4.78, 5) is 0. The van der Waals surface area contributed by atoms with Gasteiger partial charge in [-0.2, -0.15) is 0 Å². The number of unbranched alkanes of at least 4 members (excludes halogenated alkanes) is 1. The first kappa shape index (κ1) is 12.0. The summed E-state index contributed by atoms with van der Waals surface area (Å²) in [5.41, 5.74) is 0.640. The molecule has 0 aromatic heterocycles. The van der Waals surface area contributed by atoms with Crippen LogP contribution >= 0.6 is 11.6 Å². The molecule has 0 radical (unpaired) electrons. The molecule has 0 amide bonds. The molecule has 1 aromatic carbocycles. The van der Waals surface area contributed by atoms with Crippen molar-refractivity contribution in [2.75, 3.05) is 5.88 Å². The highest BCUT2D eigenvalue weighted by atomic mass is 35.5. The number of hydrogen-bond donors (Lipinski definition) is 0. The second kappa shape index (κ2) is 5.72. The fourth-order valence-corrected chi connectivity index (χ4v) is 1.20. The van der Waals surface area contributed by atoms with Crippen molar-refractivity contribution >= 4 is 11.6 Å². The Morgan fingerprint density at radius 3 is 2.67 bits per heavy atom. The van der Waals surface area contributed by atoms with E-state index in [1.54, 1.807) is 6.92 Å². The van der Waals surface area contributed by atoms with Crippen molar-refractivity contribution in [1.82, 2.24) is 0 Å². The largest absolute Gasteiger partial charge is 0.207 e. The summed E-state index contributed by atoms with van der Waals surface area (Å²) in [6.07, 6.45) is 1.40. The third kappa shape index (κ3) is 3.53. The van der Waals surface area contributed by atoms with Crippen molar-refractivity contribution in [2.24, 2.45) is 0 Å². The zero-order valence-corrected chi connectivity index (χ0v) is 9.17. The Balaban J connectivity index is 2.84. The molecule has 1 rings (SSSR count). The van der Waals surface area contributed by atoms with Gasteiger partial charge in [0.15, 0.2) is 0 Å². The van der Waals surface area contributed by atoms with Gasteiger partial charge >= 0.3 is 0 Å². The maximum atomic E-state index is 13.2. The van der Waals surface area contributed by atoms with E-state index in [4.69, 9.17) is 11.6 Å². The minimum absolute atomic E-state index is 0.239. The minimum atomic E-state index is -0.614. The topological polar surface area (TPSA) is 0 Å². The SMILES string of the molecule is Cc1cc(C#CCCCCl)c(F)cc1F. The maximum absolute atomic E-state index is 13.2. The van der Waals surface area contributed by atoms with Gasteiger partial charge < -0.3 is 0 Å². The molecular weight excluding hydrogens is 218 g/mol. The number of benzene rings is 1. The third-order valence-electron chi connectivity index (χ3n) is 1.91. The summed E-state index contributed by atoms with van der Waals surface area (Å²) in [5, 5.41) is 0. The van der Waals surface area contributed by atoms with Crippen LogP contribution in [-0.2, 0) is 0 Å². The van der Waals surface area contributed by atoms with Crippen molar-refractivity contribution in [1.29, 1.82) is 0 Å². The molecule has 0 bridgehead atoms. The van der Waals surface area contributed by atoms with Gasteiger partial charge in [0.05, 0.1) is 5.56 Å². The molecule has 0 aliphatic rings. The highest BCUT2D eigenvalue weighted by Crippen LogP contribution is 2.13. The molecule has 0 saturated carbocycles. The fraction of sp³-hybridized carbons (Fsp3) is 0.333. The molecular formula is C12H11ClF2. The first-order valence-corrected chi connectivity index (χ1v) is 5.19. The fourth-order valence-electron chi connectivity index (χ4n) is 1.07. The number of halogens is 3. The zero-order valence-electron chi connectivity index (χ0n) is 8.41. The highest BCUT2D eigenvalue weighted by molar-refractivity contribution is 6.17. The van der Waals surface area contributed by atoms with Crippen LogP contribution in [0.2, 0.25) is 0 Å². The molecule has 80 valence electrons. The third-order valence-corrected chi connectivity index (χ3v) is 2.17. The summed E-state index contributed by atoms with van der Waals surface area (Å²) < 4.78 is 26.1. The Labute approximate surface area is 93.3 Å². The van der Waals surface area contributed by atoms with Crippen LogP contribution in [0.1, 0.15) is 24.0 Å². The lowest BCUT2D eigenvalue weighted by molar-refractivity contribution is 0.575. The normalized spacial score (nSPS) is 9.60. The van der Waals surface area contributed by atoms with Gasteiger partial charge in [-0.15, -0.1) is 11.6 Å². The molecule has 0 atom stereocenters. The van der Waals surface area contributed by atoms with Crippen LogP contribution in [0, 0.1) is 30.4 Å². The van der Waals surface area contributed by atoms with Crippen LogP contribution < -0.4 is 0 Å². The molecule has 0 nitrogen and oxygen atoms in total. The molecule has 1 aromatic rings. The molecule has 0 aliphatic heterocycles. The summed E-state index contributed by atoms with van der Waals surface area (Å²) in [7, 11) is 0. The summed E-state index contributed by atoms with van der Waals surface area (Å²) in [6, 6.07) is 2.28. The molecule has 15 heavy (non-hydrogen) atoms. The highest BCUT2D eigenvalue weighted by Gasteiger charge is 2.04. The van der Waals surface area contributed by atoms with Crippen molar-refractivity contribution in [2.45, 2.75) is 19.8 Å². The number of aryl methyl sites for hydroxylation is 1. The second-order valence-electron chi connectivity index (χ2n) is 3.18. The van der Waals surface area contributed by atoms with E-state index in [2.05, 4.69) is 11.8 Å². The molecule has 3 heteroatoms. The summed E-state index contributed by atoms with van der Waals surface area (Å²) in [6.45, 7) is 1.58. The van der Waals surface area contributed by atoms with E-state index < -0.39 is 11.6 Å². The van der Waals surface area contributed by atoms with E-state index in [-0.39, 0.29) is 5.56 Å². The van der Waals surface area contributed by atoms with Gasteiger partial charge in [-0.3, -0.25) is 0 Å².